The number of amides is 1. The number of carbonyl (C=O) groups is 1. The summed E-state index contributed by atoms with van der Waals surface area (Å²) in [6.07, 6.45) is 3.21. The Kier molecular flexibility index (Phi) is 9.01. The normalized spacial score (nSPS) is 21.5. The van der Waals surface area contributed by atoms with E-state index in [-0.39, 0.29) is 5.69 Å². The molecule has 2 aromatic carbocycles. The summed E-state index contributed by atoms with van der Waals surface area (Å²) in [6, 6.07) is 8.31. The monoisotopic (exact) mass is 511 g/mol. The zero-order valence-corrected chi connectivity index (χ0v) is 21.5. The minimum atomic E-state index is -1.14. The first kappa shape index (κ1) is 26.9. The van der Waals surface area contributed by atoms with Gasteiger partial charge in [-0.15, -0.1) is 11.8 Å². The molecule has 34 heavy (non-hydrogen) atoms. The molecular weight excluding hydrogens is 480 g/mol. The van der Waals surface area contributed by atoms with Gasteiger partial charge < -0.3 is 15.2 Å². The number of rotatable bonds is 9. The van der Waals surface area contributed by atoms with E-state index < -0.39 is 23.3 Å². The molecule has 0 aliphatic heterocycles. The Morgan fingerprint density at radius 1 is 1.24 bits per heavy atom. The highest BCUT2D eigenvalue weighted by molar-refractivity contribution is 8.00. The first-order valence-corrected chi connectivity index (χ1v) is 12.8. The Balaban J connectivity index is 1.69. The quantitative estimate of drug-likeness (QED) is 0.351. The number of nitrogens with one attached hydrogen (secondary N) is 1. The Hall–Kier alpha value is -1.67. The maximum atomic E-state index is 13.5. The minimum Gasteiger partial charge on any atom is -0.366 e. The van der Waals surface area contributed by atoms with Gasteiger partial charge in [-0.05, 0) is 81.2 Å². The molecular formula is C26H32ClF2NO3S. The second-order valence-electron chi connectivity index (χ2n) is 9.72. The standard InChI is InChI=1S/C26H32ClF2NO3S/c1-15(14-33-26(3,4)32)11-17-6-5-16(2)24(17)34-23-12-18(7-9-20(23)27)25(31)30-19-8-10-21(28)22(29)13-19/h7-10,12-13,15-17,24,32H,5-6,11,14H2,1-4H3,(H,30,31). The predicted molar refractivity (Wildman–Crippen MR) is 133 cm³/mol. The van der Waals surface area contributed by atoms with E-state index in [4.69, 9.17) is 16.3 Å². The minimum absolute atomic E-state index is 0.180. The van der Waals surface area contributed by atoms with Crippen molar-refractivity contribution in [2.75, 3.05) is 11.9 Å². The summed E-state index contributed by atoms with van der Waals surface area (Å²) >= 11 is 8.18. The molecule has 186 valence electrons. The lowest BCUT2D eigenvalue weighted by Gasteiger charge is -2.27. The molecule has 1 aliphatic rings. The molecule has 1 saturated carbocycles. The number of benzene rings is 2. The SMILES string of the molecule is CC(COC(C)(C)O)CC1CCC(C)C1Sc1cc(C(=O)Nc2ccc(F)c(F)c2)ccc1Cl. The number of halogens is 3. The van der Waals surface area contributed by atoms with Crippen LogP contribution < -0.4 is 5.32 Å². The van der Waals surface area contributed by atoms with Crippen molar-refractivity contribution in [1.29, 1.82) is 0 Å². The molecule has 4 atom stereocenters. The number of hydrogen-bond donors (Lipinski definition) is 2. The van der Waals surface area contributed by atoms with Gasteiger partial charge in [-0.1, -0.05) is 25.4 Å². The lowest BCUT2D eigenvalue weighted by molar-refractivity contribution is -0.183. The van der Waals surface area contributed by atoms with Crippen molar-refractivity contribution >= 4 is 35.0 Å². The molecule has 0 aromatic heterocycles. The first-order chi connectivity index (χ1) is 15.9. The molecule has 4 unspecified atom stereocenters. The van der Waals surface area contributed by atoms with Crippen molar-refractivity contribution in [2.24, 2.45) is 17.8 Å². The molecule has 1 amide bonds. The molecule has 1 fully saturated rings. The maximum Gasteiger partial charge on any atom is 0.255 e. The highest BCUT2D eigenvalue weighted by atomic mass is 35.5. The van der Waals surface area contributed by atoms with E-state index >= 15 is 0 Å². The fraction of sp³-hybridized carbons (Fsp3) is 0.500. The van der Waals surface area contributed by atoms with E-state index in [1.54, 1.807) is 43.8 Å². The summed E-state index contributed by atoms with van der Waals surface area (Å²) < 4.78 is 32.2. The lowest BCUT2D eigenvalue weighted by Crippen LogP contribution is -2.27. The van der Waals surface area contributed by atoms with E-state index in [2.05, 4.69) is 19.2 Å². The van der Waals surface area contributed by atoms with Crippen LogP contribution in [0.25, 0.3) is 0 Å². The smallest absolute Gasteiger partial charge is 0.255 e. The molecule has 0 saturated heterocycles. The van der Waals surface area contributed by atoms with Gasteiger partial charge in [0.25, 0.3) is 5.91 Å². The highest BCUT2D eigenvalue weighted by Crippen LogP contribution is 2.46. The third-order valence-corrected chi connectivity index (χ3v) is 8.23. The molecule has 1 aliphatic carbocycles. The van der Waals surface area contributed by atoms with Crippen LogP contribution in [0.4, 0.5) is 14.5 Å². The summed E-state index contributed by atoms with van der Waals surface area (Å²) in [5.74, 6) is -2.28. The van der Waals surface area contributed by atoms with Gasteiger partial charge >= 0.3 is 0 Å². The zero-order valence-electron chi connectivity index (χ0n) is 19.9. The third-order valence-electron chi connectivity index (χ3n) is 6.08. The van der Waals surface area contributed by atoms with Gasteiger partial charge in [0.1, 0.15) is 0 Å². The Morgan fingerprint density at radius 2 is 1.97 bits per heavy atom. The second kappa shape index (κ2) is 11.4. The van der Waals surface area contributed by atoms with Crippen molar-refractivity contribution < 1.29 is 23.4 Å². The van der Waals surface area contributed by atoms with Gasteiger partial charge in [-0.2, -0.15) is 0 Å². The Morgan fingerprint density at radius 3 is 2.65 bits per heavy atom. The van der Waals surface area contributed by atoms with E-state index in [0.29, 0.717) is 40.2 Å². The van der Waals surface area contributed by atoms with Gasteiger partial charge in [-0.3, -0.25) is 4.79 Å². The van der Waals surface area contributed by atoms with Crippen LogP contribution in [0.5, 0.6) is 0 Å². The molecule has 2 N–H and O–H groups in total. The number of aliphatic hydroxyl groups is 1. The van der Waals surface area contributed by atoms with Crippen LogP contribution in [0.3, 0.4) is 0 Å². The van der Waals surface area contributed by atoms with Crippen LogP contribution in [-0.4, -0.2) is 28.7 Å². The highest BCUT2D eigenvalue weighted by Gasteiger charge is 2.35. The van der Waals surface area contributed by atoms with Crippen LogP contribution in [-0.2, 0) is 4.74 Å². The van der Waals surface area contributed by atoms with Crippen molar-refractivity contribution in [3.8, 4) is 0 Å². The molecule has 3 rings (SSSR count). The largest absolute Gasteiger partial charge is 0.366 e. The average Bonchev–Trinajstić information content (AvgIpc) is 3.09. The average molecular weight is 512 g/mol. The number of carbonyl (C=O) groups excluding carboxylic acids is 1. The van der Waals surface area contributed by atoms with E-state index in [0.717, 1.165) is 36.3 Å². The molecule has 0 spiro atoms. The molecule has 2 aromatic rings. The summed E-state index contributed by atoms with van der Waals surface area (Å²) in [6.45, 7) is 8.13. The topological polar surface area (TPSA) is 58.6 Å². The Bertz CT molecular complexity index is 1010. The van der Waals surface area contributed by atoms with Crippen molar-refractivity contribution in [3.05, 3.63) is 58.6 Å². The van der Waals surface area contributed by atoms with E-state index in [1.807, 2.05) is 0 Å². The molecule has 8 heteroatoms. The number of hydrogen-bond acceptors (Lipinski definition) is 4. The van der Waals surface area contributed by atoms with Gasteiger partial charge in [-0.25, -0.2) is 8.78 Å². The van der Waals surface area contributed by atoms with Gasteiger partial charge in [0.15, 0.2) is 17.4 Å². The second-order valence-corrected chi connectivity index (χ2v) is 11.4. The first-order valence-electron chi connectivity index (χ1n) is 11.5. The van der Waals surface area contributed by atoms with Crippen LogP contribution in [0.1, 0.15) is 57.3 Å². The number of ether oxygens (including phenoxy) is 1. The van der Waals surface area contributed by atoms with Gasteiger partial charge in [0, 0.05) is 27.5 Å². The maximum absolute atomic E-state index is 13.5. The number of anilines is 1. The fourth-order valence-electron chi connectivity index (χ4n) is 4.32. The van der Waals surface area contributed by atoms with Crippen LogP contribution in [0.2, 0.25) is 5.02 Å². The van der Waals surface area contributed by atoms with E-state index in [9.17, 15) is 18.7 Å². The third kappa shape index (κ3) is 7.41. The molecule has 0 radical (unpaired) electrons. The van der Waals surface area contributed by atoms with Crippen LogP contribution >= 0.6 is 23.4 Å². The fourth-order valence-corrected chi connectivity index (χ4v) is 6.05. The van der Waals surface area contributed by atoms with Crippen LogP contribution in [0.15, 0.2) is 41.3 Å². The van der Waals surface area contributed by atoms with Crippen LogP contribution in [0, 0.1) is 29.4 Å². The molecule has 4 nitrogen and oxygen atoms in total. The Labute approximate surface area is 209 Å². The van der Waals surface area contributed by atoms with Crippen molar-refractivity contribution in [3.63, 3.8) is 0 Å². The van der Waals surface area contributed by atoms with Gasteiger partial charge in [0.2, 0.25) is 0 Å². The van der Waals surface area contributed by atoms with Gasteiger partial charge in [0.05, 0.1) is 11.6 Å². The zero-order chi connectivity index (χ0) is 25.0. The van der Waals surface area contributed by atoms with Crippen molar-refractivity contribution in [2.45, 2.75) is 62.9 Å². The lowest BCUT2D eigenvalue weighted by atomic mass is 9.94. The predicted octanol–water partition coefficient (Wildman–Crippen LogP) is 7.15. The van der Waals surface area contributed by atoms with E-state index in [1.165, 1.54) is 6.07 Å². The summed E-state index contributed by atoms with van der Waals surface area (Å²) in [5, 5.41) is 13.3. The summed E-state index contributed by atoms with van der Waals surface area (Å²) in [4.78, 5) is 13.5. The molecule has 0 heterocycles. The van der Waals surface area contributed by atoms with Crippen molar-refractivity contribution in [1.82, 2.24) is 0 Å². The summed E-state index contributed by atoms with van der Waals surface area (Å²) in [5.41, 5.74) is 0.575. The summed E-state index contributed by atoms with van der Waals surface area (Å²) in [7, 11) is 0. The molecule has 0 bridgehead atoms. The number of thioether (sulfide) groups is 1.